The van der Waals surface area contributed by atoms with Crippen LogP contribution < -0.4 is 16.4 Å². The van der Waals surface area contributed by atoms with Crippen molar-refractivity contribution in [2.75, 3.05) is 18.9 Å². The van der Waals surface area contributed by atoms with Crippen LogP contribution in [-0.2, 0) is 0 Å². The van der Waals surface area contributed by atoms with Crippen molar-refractivity contribution >= 4 is 11.7 Å². The Labute approximate surface area is 101 Å². The van der Waals surface area contributed by atoms with Crippen LogP contribution in [0.25, 0.3) is 0 Å². The summed E-state index contributed by atoms with van der Waals surface area (Å²) in [6.45, 7) is 2.65. The molecule has 1 unspecified atom stereocenters. The van der Waals surface area contributed by atoms with Crippen molar-refractivity contribution in [3.05, 3.63) is 17.8 Å². The third-order valence-corrected chi connectivity index (χ3v) is 2.40. The van der Waals surface area contributed by atoms with E-state index in [2.05, 4.69) is 27.8 Å². The van der Waals surface area contributed by atoms with Crippen LogP contribution >= 0.6 is 0 Å². The largest absolute Gasteiger partial charge is 0.365 e. The molecule has 0 aromatic carbocycles. The Kier molecular flexibility index (Phi) is 5.35. The number of hydrogen-bond acceptors (Lipinski definition) is 5. The molecule has 1 amide bonds. The Morgan fingerprint density at radius 2 is 2.24 bits per heavy atom. The number of nitrogens with two attached hydrogens (primary N) is 1. The van der Waals surface area contributed by atoms with Crippen LogP contribution in [0.1, 0.15) is 30.3 Å². The third kappa shape index (κ3) is 3.99. The first-order valence-corrected chi connectivity index (χ1v) is 5.73. The molecule has 0 aliphatic carbocycles. The molecular weight excluding hydrogens is 218 g/mol. The fourth-order valence-corrected chi connectivity index (χ4v) is 1.46. The number of carbonyl (C=O) groups excluding carboxylic acids is 1. The van der Waals surface area contributed by atoms with Gasteiger partial charge in [0.25, 0.3) is 5.91 Å². The summed E-state index contributed by atoms with van der Waals surface area (Å²) in [5.41, 5.74) is 5.94. The van der Waals surface area contributed by atoms with Gasteiger partial charge < -0.3 is 16.4 Å². The zero-order valence-corrected chi connectivity index (χ0v) is 10.2. The maximum absolute atomic E-state index is 11.3. The van der Waals surface area contributed by atoms with Crippen LogP contribution in [0.15, 0.2) is 12.1 Å². The summed E-state index contributed by atoms with van der Waals surface area (Å²) in [6, 6.07) is 3.56. The van der Waals surface area contributed by atoms with Gasteiger partial charge in [-0.05, 0) is 18.6 Å². The molecule has 1 aromatic heterocycles. The maximum atomic E-state index is 11.3. The molecule has 0 radical (unpaired) electrons. The van der Waals surface area contributed by atoms with Gasteiger partial charge in [0.1, 0.15) is 5.82 Å². The van der Waals surface area contributed by atoms with Crippen molar-refractivity contribution in [2.45, 2.75) is 25.8 Å². The highest BCUT2D eigenvalue weighted by molar-refractivity contribution is 5.91. The molecule has 0 saturated heterocycles. The van der Waals surface area contributed by atoms with E-state index in [4.69, 9.17) is 5.73 Å². The van der Waals surface area contributed by atoms with Gasteiger partial charge in [-0.2, -0.15) is 0 Å². The van der Waals surface area contributed by atoms with E-state index in [9.17, 15) is 4.79 Å². The second kappa shape index (κ2) is 6.80. The second-order valence-electron chi connectivity index (χ2n) is 3.75. The van der Waals surface area contributed by atoms with Gasteiger partial charge in [0.05, 0.1) is 0 Å². The Hall–Kier alpha value is -1.69. The summed E-state index contributed by atoms with van der Waals surface area (Å²) >= 11 is 0. The molecular formula is C11H19N5O. The number of hydrogen-bond donors (Lipinski definition) is 3. The zero-order valence-electron chi connectivity index (χ0n) is 10.2. The van der Waals surface area contributed by atoms with Crippen molar-refractivity contribution in [1.29, 1.82) is 0 Å². The summed E-state index contributed by atoms with van der Waals surface area (Å²) in [7, 11) is 1.56. The highest BCUT2D eigenvalue weighted by atomic mass is 16.1. The van der Waals surface area contributed by atoms with Gasteiger partial charge in [-0.25, -0.2) is 0 Å². The molecule has 1 heterocycles. The molecule has 6 nitrogen and oxygen atoms in total. The van der Waals surface area contributed by atoms with E-state index in [1.807, 2.05) is 0 Å². The van der Waals surface area contributed by atoms with Crippen LogP contribution in [-0.4, -0.2) is 35.7 Å². The van der Waals surface area contributed by atoms with E-state index >= 15 is 0 Å². The topological polar surface area (TPSA) is 92.9 Å². The van der Waals surface area contributed by atoms with Gasteiger partial charge >= 0.3 is 0 Å². The SMILES string of the molecule is CCCC(CN)Nc1ccc(C(=O)NC)nn1. The van der Waals surface area contributed by atoms with E-state index in [1.165, 1.54) is 0 Å². The van der Waals surface area contributed by atoms with Crippen LogP contribution in [0.3, 0.4) is 0 Å². The van der Waals surface area contributed by atoms with Crippen molar-refractivity contribution in [1.82, 2.24) is 15.5 Å². The maximum Gasteiger partial charge on any atom is 0.271 e. The molecule has 1 rings (SSSR count). The molecule has 0 saturated carbocycles. The Morgan fingerprint density at radius 3 is 2.71 bits per heavy atom. The zero-order chi connectivity index (χ0) is 12.7. The van der Waals surface area contributed by atoms with Crippen molar-refractivity contribution < 1.29 is 4.79 Å². The van der Waals surface area contributed by atoms with Crippen LogP contribution in [0.4, 0.5) is 5.82 Å². The minimum Gasteiger partial charge on any atom is -0.365 e. The van der Waals surface area contributed by atoms with Gasteiger partial charge in [-0.15, -0.1) is 10.2 Å². The predicted octanol–water partition coefficient (Wildman–Crippen LogP) is 0.375. The number of aromatic nitrogens is 2. The normalized spacial score (nSPS) is 11.9. The highest BCUT2D eigenvalue weighted by Gasteiger charge is 2.08. The molecule has 0 aliphatic rings. The van der Waals surface area contributed by atoms with Crippen LogP contribution in [0.5, 0.6) is 0 Å². The molecule has 1 aromatic rings. The molecule has 0 fully saturated rings. The van der Waals surface area contributed by atoms with Gasteiger partial charge in [-0.1, -0.05) is 13.3 Å². The van der Waals surface area contributed by atoms with Crippen molar-refractivity contribution in [2.24, 2.45) is 5.73 Å². The molecule has 0 bridgehead atoms. The number of carbonyl (C=O) groups is 1. The van der Waals surface area contributed by atoms with Gasteiger partial charge in [-0.3, -0.25) is 4.79 Å². The van der Waals surface area contributed by atoms with Crippen molar-refractivity contribution in [3.63, 3.8) is 0 Å². The van der Waals surface area contributed by atoms with E-state index in [1.54, 1.807) is 19.2 Å². The Balaban J connectivity index is 2.64. The lowest BCUT2D eigenvalue weighted by Gasteiger charge is -2.15. The van der Waals surface area contributed by atoms with Gasteiger partial charge in [0.2, 0.25) is 0 Å². The average molecular weight is 237 g/mol. The Morgan fingerprint density at radius 1 is 1.47 bits per heavy atom. The molecule has 17 heavy (non-hydrogen) atoms. The monoisotopic (exact) mass is 237 g/mol. The predicted molar refractivity (Wildman–Crippen MR) is 66.8 cm³/mol. The van der Waals surface area contributed by atoms with E-state index in [0.29, 0.717) is 18.1 Å². The molecule has 6 heteroatoms. The number of amides is 1. The summed E-state index contributed by atoms with van der Waals surface area (Å²) in [6.07, 6.45) is 2.04. The molecule has 94 valence electrons. The Bertz CT molecular complexity index is 351. The average Bonchev–Trinajstić information content (AvgIpc) is 2.38. The van der Waals surface area contributed by atoms with Crippen molar-refractivity contribution in [3.8, 4) is 0 Å². The fraction of sp³-hybridized carbons (Fsp3) is 0.545. The number of nitrogens with zero attached hydrogens (tertiary/aromatic N) is 2. The number of rotatable bonds is 6. The molecule has 1 atom stereocenters. The first-order chi connectivity index (χ1) is 8.21. The fourth-order valence-electron chi connectivity index (χ4n) is 1.46. The summed E-state index contributed by atoms with van der Waals surface area (Å²) in [5.74, 6) is 0.398. The van der Waals surface area contributed by atoms with Gasteiger partial charge in [0, 0.05) is 19.6 Å². The minimum absolute atomic E-state index is 0.195. The van der Waals surface area contributed by atoms with Crippen LogP contribution in [0.2, 0.25) is 0 Å². The highest BCUT2D eigenvalue weighted by Crippen LogP contribution is 2.06. The molecule has 0 spiro atoms. The third-order valence-electron chi connectivity index (χ3n) is 2.40. The van der Waals surface area contributed by atoms with E-state index in [0.717, 1.165) is 12.8 Å². The second-order valence-corrected chi connectivity index (χ2v) is 3.75. The smallest absolute Gasteiger partial charge is 0.271 e. The lowest BCUT2D eigenvalue weighted by atomic mass is 10.1. The number of anilines is 1. The first kappa shape index (κ1) is 13.4. The summed E-state index contributed by atoms with van der Waals surface area (Å²) in [5, 5.41) is 13.4. The molecule has 0 aliphatic heterocycles. The first-order valence-electron chi connectivity index (χ1n) is 5.73. The standard InChI is InChI=1S/C11H19N5O/c1-3-4-8(7-12)14-10-6-5-9(15-16-10)11(17)13-2/h5-6,8H,3-4,7,12H2,1-2H3,(H,13,17)(H,14,16). The number of nitrogens with one attached hydrogen (secondary N) is 2. The summed E-state index contributed by atoms with van der Waals surface area (Å²) in [4.78, 5) is 11.3. The molecule has 4 N–H and O–H groups in total. The minimum atomic E-state index is -0.243. The lowest BCUT2D eigenvalue weighted by molar-refractivity contribution is 0.0957. The van der Waals surface area contributed by atoms with E-state index < -0.39 is 0 Å². The quantitative estimate of drug-likeness (QED) is 0.665. The van der Waals surface area contributed by atoms with Gasteiger partial charge in [0.15, 0.2) is 5.69 Å². The van der Waals surface area contributed by atoms with E-state index in [-0.39, 0.29) is 11.9 Å². The lowest BCUT2D eigenvalue weighted by Crippen LogP contribution is -2.29. The summed E-state index contributed by atoms with van der Waals surface area (Å²) < 4.78 is 0. The van der Waals surface area contributed by atoms with Crippen LogP contribution in [0, 0.1) is 0 Å².